The first-order chi connectivity index (χ1) is 11.9. The maximum Gasteiger partial charge on any atom is 0.253 e. The van der Waals surface area contributed by atoms with Crippen LogP contribution in [0, 0.1) is 6.92 Å². The Morgan fingerprint density at radius 1 is 1.20 bits per heavy atom. The van der Waals surface area contributed by atoms with Crippen LogP contribution in [0.2, 0.25) is 4.34 Å². The largest absolute Gasteiger partial charge is 0.325 e. The molecule has 1 aromatic heterocycles. The van der Waals surface area contributed by atoms with E-state index in [9.17, 15) is 13.2 Å². The van der Waals surface area contributed by atoms with Gasteiger partial charge in [-0.15, -0.1) is 11.3 Å². The van der Waals surface area contributed by atoms with Crippen molar-refractivity contribution < 1.29 is 13.2 Å². The van der Waals surface area contributed by atoms with Crippen molar-refractivity contribution in [1.82, 2.24) is 4.31 Å². The third kappa shape index (κ3) is 4.06. The summed E-state index contributed by atoms with van der Waals surface area (Å²) in [5.41, 5.74) is 1.76. The Morgan fingerprint density at radius 2 is 1.92 bits per heavy atom. The van der Waals surface area contributed by atoms with Gasteiger partial charge in [-0.1, -0.05) is 35.7 Å². The van der Waals surface area contributed by atoms with Gasteiger partial charge in [0, 0.05) is 12.2 Å². The Balaban J connectivity index is 1.83. The summed E-state index contributed by atoms with van der Waals surface area (Å²) in [4.78, 5) is 12.7. The Hall–Kier alpha value is -1.41. The number of hydrogen-bond acceptors (Lipinski definition) is 4. The van der Waals surface area contributed by atoms with Crippen molar-refractivity contribution in [1.29, 1.82) is 0 Å². The molecule has 1 aliphatic heterocycles. The molecule has 25 heavy (non-hydrogen) atoms. The summed E-state index contributed by atoms with van der Waals surface area (Å²) >= 11 is 6.89. The molecule has 1 saturated heterocycles. The predicted molar refractivity (Wildman–Crippen MR) is 101 cm³/mol. The van der Waals surface area contributed by atoms with Crippen LogP contribution in [0.15, 0.2) is 40.6 Å². The summed E-state index contributed by atoms with van der Waals surface area (Å²) in [6.07, 6.45) is 2.08. The number of carbonyl (C=O) groups excluding carboxylic acids is 1. The molecule has 3 rings (SSSR count). The number of hydrogen-bond donors (Lipinski definition) is 1. The molecule has 0 aliphatic carbocycles. The van der Waals surface area contributed by atoms with Crippen LogP contribution in [0.3, 0.4) is 0 Å². The lowest BCUT2D eigenvalue weighted by atomic mass is 10.0. The van der Waals surface area contributed by atoms with Crippen LogP contribution in [0.25, 0.3) is 0 Å². The molecule has 2 aromatic rings. The first kappa shape index (κ1) is 18.4. The zero-order valence-corrected chi connectivity index (χ0v) is 16.1. The molecule has 1 amide bonds. The van der Waals surface area contributed by atoms with Gasteiger partial charge in [-0.05, 0) is 44.0 Å². The average molecular weight is 399 g/mol. The fourth-order valence-electron chi connectivity index (χ4n) is 2.87. The van der Waals surface area contributed by atoms with Crippen LogP contribution in [-0.2, 0) is 14.8 Å². The van der Waals surface area contributed by atoms with E-state index in [1.165, 1.54) is 10.4 Å². The molecule has 2 heterocycles. The highest BCUT2D eigenvalue weighted by Crippen LogP contribution is 2.32. The van der Waals surface area contributed by atoms with E-state index >= 15 is 0 Å². The molecule has 1 aliphatic rings. The molecule has 1 fully saturated rings. The van der Waals surface area contributed by atoms with Gasteiger partial charge >= 0.3 is 0 Å². The first-order valence-electron chi connectivity index (χ1n) is 8.02. The highest BCUT2D eigenvalue weighted by Gasteiger charge is 2.38. The van der Waals surface area contributed by atoms with E-state index in [0.29, 0.717) is 23.0 Å². The lowest BCUT2D eigenvalue weighted by Crippen LogP contribution is -2.49. The van der Waals surface area contributed by atoms with Crippen molar-refractivity contribution in [2.75, 3.05) is 11.9 Å². The van der Waals surface area contributed by atoms with E-state index in [-0.39, 0.29) is 10.1 Å². The summed E-state index contributed by atoms with van der Waals surface area (Å²) < 4.78 is 27.7. The molecule has 0 unspecified atom stereocenters. The topological polar surface area (TPSA) is 66.5 Å². The van der Waals surface area contributed by atoms with Crippen molar-refractivity contribution in [3.63, 3.8) is 0 Å². The Labute approximate surface area is 156 Å². The zero-order valence-electron chi connectivity index (χ0n) is 13.7. The van der Waals surface area contributed by atoms with Gasteiger partial charge in [0.05, 0.1) is 4.34 Å². The molecule has 1 atom stereocenters. The molecule has 0 saturated carbocycles. The van der Waals surface area contributed by atoms with Crippen LogP contribution in [-0.4, -0.2) is 31.2 Å². The third-order valence-corrected chi connectivity index (χ3v) is 7.79. The highest BCUT2D eigenvalue weighted by molar-refractivity contribution is 7.91. The van der Waals surface area contributed by atoms with Crippen LogP contribution in [0.5, 0.6) is 0 Å². The second-order valence-electron chi connectivity index (χ2n) is 6.04. The van der Waals surface area contributed by atoms with Crippen LogP contribution in [0.1, 0.15) is 24.8 Å². The summed E-state index contributed by atoms with van der Waals surface area (Å²) in [6, 6.07) is 9.77. The first-order valence-corrected chi connectivity index (χ1v) is 10.7. The average Bonchev–Trinajstić information content (AvgIpc) is 3.04. The number of nitrogens with one attached hydrogen (secondary N) is 1. The van der Waals surface area contributed by atoms with Crippen molar-refractivity contribution in [2.24, 2.45) is 0 Å². The standard InChI is InChI=1S/C17H19ClN2O3S2/c1-12-5-7-13(8-6-12)19-17(21)14-4-2-3-11-20(14)25(22,23)16-10-9-15(18)24-16/h5-10,14H,2-4,11H2,1H3,(H,19,21)/t14-/m1/s1. The number of rotatable bonds is 4. The molecule has 0 bridgehead atoms. The van der Waals surface area contributed by atoms with Gasteiger partial charge in [0.2, 0.25) is 5.91 Å². The maximum atomic E-state index is 12.9. The number of benzene rings is 1. The SMILES string of the molecule is Cc1ccc(NC(=O)[C@H]2CCCCN2S(=O)(=O)c2ccc(Cl)s2)cc1. The molecular weight excluding hydrogens is 380 g/mol. The van der Waals surface area contributed by atoms with Crippen molar-refractivity contribution in [2.45, 2.75) is 36.4 Å². The zero-order chi connectivity index (χ0) is 18.0. The number of sulfonamides is 1. The number of amides is 1. The van der Waals surface area contributed by atoms with Crippen molar-refractivity contribution in [3.05, 3.63) is 46.3 Å². The summed E-state index contributed by atoms with van der Waals surface area (Å²) in [7, 11) is -3.73. The minimum Gasteiger partial charge on any atom is -0.325 e. The number of aryl methyl sites for hydroxylation is 1. The van der Waals surface area contributed by atoms with Gasteiger partial charge in [0.25, 0.3) is 10.0 Å². The predicted octanol–water partition coefficient (Wildman–Crippen LogP) is 3.89. The fourth-order valence-corrected chi connectivity index (χ4v) is 6.14. The minimum absolute atomic E-state index is 0.174. The minimum atomic E-state index is -3.73. The number of thiophene rings is 1. The molecule has 5 nitrogen and oxygen atoms in total. The van der Waals surface area contributed by atoms with Crippen LogP contribution >= 0.6 is 22.9 Å². The van der Waals surface area contributed by atoms with Crippen molar-refractivity contribution >= 4 is 44.6 Å². The maximum absolute atomic E-state index is 12.9. The molecule has 0 radical (unpaired) electrons. The lowest BCUT2D eigenvalue weighted by Gasteiger charge is -2.33. The fraction of sp³-hybridized carbons (Fsp3) is 0.353. The summed E-state index contributed by atoms with van der Waals surface area (Å²) in [5.74, 6) is -0.296. The number of anilines is 1. The second kappa shape index (κ2) is 7.45. The van der Waals surface area contributed by atoms with Crippen LogP contribution < -0.4 is 5.32 Å². The van der Waals surface area contributed by atoms with Gasteiger partial charge in [0.1, 0.15) is 10.3 Å². The van der Waals surface area contributed by atoms with Gasteiger partial charge in [-0.2, -0.15) is 4.31 Å². The van der Waals surface area contributed by atoms with E-state index in [2.05, 4.69) is 5.32 Å². The third-order valence-electron chi connectivity index (χ3n) is 4.19. The van der Waals surface area contributed by atoms with Gasteiger partial charge in [-0.3, -0.25) is 4.79 Å². The smallest absolute Gasteiger partial charge is 0.253 e. The number of piperidine rings is 1. The number of halogens is 1. The Kier molecular flexibility index (Phi) is 5.48. The molecule has 1 aromatic carbocycles. The van der Waals surface area contributed by atoms with E-state index in [1.54, 1.807) is 6.07 Å². The molecular formula is C17H19ClN2O3S2. The van der Waals surface area contributed by atoms with Gasteiger partial charge < -0.3 is 5.32 Å². The van der Waals surface area contributed by atoms with E-state index < -0.39 is 16.1 Å². The quantitative estimate of drug-likeness (QED) is 0.849. The summed E-state index contributed by atoms with van der Waals surface area (Å²) in [6.45, 7) is 2.30. The lowest BCUT2D eigenvalue weighted by molar-refractivity contribution is -0.120. The molecule has 0 spiro atoms. The Bertz CT molecular complexity index is 862. The van der Waals surface area contributed by atoms with Crippen molar-refractivity contribution in [3.8, 4) is 0 Å². The molecule has 1 N–H and O–H groups in total. The highest BCUT2D eigenvalue weighted by atomic mass is 35.5. The molecule has 134 valence electrons. The molecule has 8 heteroatoms. The normalized spacial score (nSPS) is 18.9. The monoisotopic (exact) mass is 398 g/mol. The van der Waals surface area contributed by atoms with Gasteiger partial charge in [0.15, 0.2) is 0 Å². The van der Waals surface area contributed by atoms with E-state index in [0.717, 1.165) is 29.7 Å². The van der Waals surface area contributed by atoms with E-state index in [4.69, 9.17) is 11.6 Å². The van der Waals surface area contributed by atoms with Gasteiger partial charge in [-0.25, -0.2) is 8.42 Å². The second-order valence-corrected chi connectivity index (χ2v) is 9.87. The summed E-state index contributed by atoms with van der Waals surface area (Å²) in [5, 5.41) is 2.83. The number of nitrogens with zero attached hydrogens (tertiary/aromatic N) is 1. The van der Waals surface area contributed by atoms with E-state index in [1.807, 2.05) is 31.2 Å². The number of carbonyl (C=O) groups is 1. The van der Waals surface area contributed by atoms with Crippen LogP contribution in [0.4, 0.5) is 5.69 Å². The Morgan fingerprint density at radius 3 is 2.56 bits per heavy atom.